The van der Waals surface area contributed by atoms with Crippen molar-refractivity contribution in [2.24, 2.45) is 0 Å². The zero-order chi connectivity index (χ0) is 12.4. The first-order chi connectivity index (χ1) is 8.86. The fraction of sp³-hybridized carbons (Fsp3) is 0.571. The summed E-state index contributed by atoms with van der Waals surface area (Å²) >= 11 is 0. The highest BCUT2D eigenvalue weighted by atomic mass is 16.5. The molecule has 2 unspecified atom stereocenters. The Labute approximate surface area is 108 Å². The first-order valence-corrected chi connectivity index (χ1v) is 6.67. The molecule has 1 fully saturated rings. The van der Waals surface area contributed by atoms with E-state index in [9.17, 15) is 5.11 Å². The molecule has 4 heteroatoms. The molecule has 0 amide bonds. The van der Waals surface area contributed by atoms with Crippen LogP contribution in [0.2, 0.25) is 0 Å². The van der Waals surface area contributed by atoms with Gasteiger partial charge in [-0.1, -0.05) is 18.2 Å². The number of piperazine rings is 1. The van der Waals surface area contributed by atoms with Gasteiger partial charge in [0.05, 0.1) is 6.61 Å². The number of aliphatic hydroxyl groups excluding tert-OH is 1. The van der Waals surface area contributed by atoms with Gasteiger partial charge in [-0.25, -0.2) is 0 Å². The predicted molar refractivity (Wildman–Crippen MR) is 69.9 cm³/mol. The maximum absolute atomic E-state index is 9.39. The van der Waals surface area contributed by atoms with E-state index in [-0.39, 0.29) is 18.8 Å². The predicted octanol–water partition coefficient (Wildman–Crippen LogP) is 0.256. The van der Waals surface area contributed by atoms with Gasteiger partial charge in [-0.2, -0.15) is 0 Å². The van der Waals surface area contributed by atoms with Crippen LogP contribution < -0.4 is 10.1 Å². The molecular weight excluding hydrogens is 228 g/mol. The molecule has 0 radical (unpaired) electrons. The molecule has 0 aliphatic carbocycles. The lowest BCUT2D eigenvalue weighted by Gasteiger charge is -2.36. The summed E-state index contributed by atoms with van der Waals surface area (Å²) < 4.78 is 5.96. The molecule has 2 N–H and O–H groups in total. The second-order valence-electron chi connectivity index (χ2n) is 5.09. The zero-order valence-corrected chi connectivity index (χ0v) is 10.5. The van der Waals surface area contributed by atoms with Crippen molar-refractivity contribution in [1.82, 2.24) is 10.2 Å². The van der Waals surface area contributed by atoms with Crippen LogP contribution in [-0.4, -0.2) is 54.9 Å². The Morgan fingerprint density at radius 3 is 3.11 bits per heavy atom. The molecule has 2 atom stereocenters. The molecule has 1 saturated heterocycles. The number of hydrogen-bond acceptors (Lipinski definition) is 4. The number of nitrogens with zero attached hydrogens (tertiary/aromatic N) is 1. The SMILES string of the molecule is OCC1CNCCN1CC1Cc2ccccc2O1. The Bertz CT molecular complexity index is 386. The standard InChI is InChI=1S/C14H20N2O2/c17-10-12-8-15-5-6-16(12)9-13-7-11-3-1-2-4-14(11)18-13/h1-4,12-13,15,17H,5-10H2. The van der Waals surface area contributed by atoms with E-state index in [0.29, 0.717) is 0 Å². The summed E-state index contributed by atoms with van der Waals surface area (Å²) in [6.45, 7) is 3.97. The normalized spacial score (nSPS) is 27.8. The van der Waals surface area contributed by atoms with Gasteiger partial charge in [-0.05, 0) is 11.6 Å². The van der Waals surface area contributed by atoms with Crippen molar-refractivity contribution in [2.45, 2.75) is 18.6 Å². The Balaban J connectivity index is 1.61. The van der Waals surface area contributed by atoms with Gasteiger partial charge in [0.1, 0.15) is 11.9 Å². The largest absolute Gasteiger partial charge is 0.488 e. The maximum Gasteiger partial charge on any atom is 0.123 e. The van der Waals surface area contributed by atoms with Gasteiger partial charge in [0, 0.05) is 38.6 Å². The molecule has 1 aromatic rings. The Morgan fingerprint density at radius 2 is 2.28 bits per heavy atom. The van der Waals surface area contributed by atoms with Crippen LogP contribution in [0.15, 0.2) is 24.3 Å². The molecule has 2 aliphatic heterocycles. The van der Waals surface area contributed by atoms with E-state index in [2.05, 4.69) is 22.3 Å². The molecule has 3 rings (SSSR count). The van der Waals surface area contributed by atoms with Crippen LogP contribution >= 0.6 is 0 Å². The van der Waals surface area contributed by atoms with Crippen LogP contribution in [0.1, 0.15) is 5.56 Å². The van der Waals surface area contributed by atoms with Gasteiger partial charge in [0.2, 0.25) is 0 Å². The smallest absolute Gasteiger partial charge is 0.123 e. The molecule has 0 saturated carbocycles. The van der Waals surface area contributed by atoms with E-state index in [4.69, 9.17) is 4.74 Å². The number of nitrogens with one attached hydrogen (secondary N) is 1. The first-order valence-electron chi connectivity index (χ1n) is 6.67. The van der Waals surface area contributed by atoms with Crippen LogP contribution in [0.4, 0.5) is 0 Å². The number of para-hydroxylation sites is 1. The van der Waals surface area contributed by atoms with Crippen molar-refractivity contribution < 1.29 is 9.84 Å². The lowest BCUT2D eigenvalue weighted by atomic mass is 10.1. The third-order valence-electron chi connectivity index (χ3n) is 3.83. The lowest BCUT2D eigenvalue weighted by Crippen LogP contribution is -2.55. The molecule has 0 spiro atoms. The van der Waals surface area contributed by atoms with E-state index in [1.165, 1.54) is 5.56 Å². The summed E-state index contributed by atoms with van der Waals surface area (Å²) in [6.07, 6.45) is 1.22. The minimum atomic E-state index is 0.215. The Morgan fingerprint density at radius 1 is 1.39 bits per heavy atom. The molecule has 2 aliphatic rings. The molecule has 2 heterocycles. The van der Waals surface area contributed by atoms with Crippen molar-refractivity contribution in [1.29, 1.82) is 0 Å². The Hall–Kier alpha value is -1.10. The van der Waals surface area contributed by atoms with Crippen LogP contribution in [0.3, 0.4) is 0 Å². The van der Waals surface area contributed by atoms with E-state index in [1.54, 1.807) is 0 Å². The van der Waals surface area contributed by atoms with Gasteiger partial charge in [0.15, 0.2) is 0 Å². The van der Waals surface area contributed by atoms with Crippen molar-refractivity contribution in [3.05, 3.63) is 29.8 Å². The fourth-order valence-electron chi connectivity index (χ4n) is 2.84. The van der Waals surface area contributed by atoms with E-state index >= 15 is 0 Å². The lowest BCUT2D eigenvalue weighted by molar-refractivity contribution is 0.0653. The number of rotatable bonds is 3. The molecule has 98 valence electrons. The van der Waals surface area contributed by atoms with Crippen molar-refractivity contribution in [3.63, 3.8) is 0 Å². The number of ether oxygens (including phenoxy) is 1. The van der Waals surface area contributed by atoms with Crippen molar-refractivity contribution in [3.8, 4) is 5.75 Å². The second-order valence-corrected chi connectivity index (χ2v) is 5.09. The number of fused-ring (bicyclic) bond motifs is 1. The van der Waals surface area contributed by atoms with Gasteiger partial charge in [0.25, 0.3) is 0 Å². The summed E-state index contributed by atoms with van der Waals surface area (Å²) in [7, 11) is 0. The van der Waals surface area contributed by atoms with Crippen molar-refractivity contribution >= 4 is 0 Å². The second kappa shape index (κ2) is 5.26. The average molecular weight is 248 g/mol. The molecule has 0 aromatic heterocycles. The highest BCUT2D eigenvalue weighted by Gasteiger charge is 2.28. The number of hydrogen-bond donors (Lipinski definition) is 2. The Kier molecular flexibility index (Phi) is 3.50. The summed E-state index contributed by atoms with van der Waals surface area (Å²) in [5, 5.41) is 12.7. The molecule has 1 aromatic carbocycles. The van der Waals surface area contributed by atoms with Crippen LogP contribution in [0.5, 0.6) is 5.75 Å². The van der Waals surface area contributed by atoms with Crippen LogP contribution in [0.25, 0.3) is 0 Å². The topological polar surface area (TPSA) is 44.7 Å². The summed E-state index contributed by atoms with van der Waals surface area (Å²) in [5.74, 6) is 1.03. The number of benzene rings is 1. The van der Waals surface area contributed by atoms with E-state index in [0.717, 1.165) is 38.3 Å². The van der Waals surface area contributed by atoms with E-state index in [1.807, 2.05) is 12.1 Å². The minimum absolute atomic E-state index is 0.215. The maximum atomic E-state index is 9.39. The zero-order valence-electron chi connectivity index (χ0n) is 10.5. The monoisotopic (exact) mass is 248 g/mol. The highest BCUT2D eigenvalue weighted by molar-refractivity contribution is 5.37. The van der Waals surface area contributed by atoms with E-state index < -0.39 is 0 Å². The fourth-order valence-corrected chi connectivity index (χ4v) is 2.84. The minimum Gasteiger partial charge on any atom is -0.488 e. The van der Waals surface area contributed by atoms with Crippen LogP contribution in [-0.2, 0) is 6.42 Å². The van der Waals surface area contributed by atoms with Gasteiger partial charge < -0.3 is 15.2 Å². The van der Waals surface area contributed by atoms with Crippen molar-refractivity contribution in [2.75, 3.05) is 32.8 Å². The third-order valence-corrected chi connectivity index (χ3v) is 3.83. The van der Waals surface area contributed by atoms with Crippen LogP contribution in [0, 0.1) is 0 Å². The third kappa shape index (κ3) is 2.36. The van der Waals surface area contributed by atoms with Gasteiger partial charge in [-0.3, -0.25) is 4.90 Å². The number of aliphatic hydroxyl groups is 1. The van der Waals surface area contributed by atoms with Gasteiger partial charge in [-0.15, -0.1) is 0 Å². The molecule has 4 nitrogen and oxygen atoms in total. The summed E-state index contributed by atoms with van der Waals surface area (Å²) in [5.41, 5.74) is 1.30. The molecule has 0 bridgehead atoms. The quantitative estimate of drug-likeness (QED) is 0.805. The summed E-state index contributed by atoms with van der Waals surface area (Å²) in [6, 6.07) is 8.48. The molecular formula is C14H20N2O2. The summed E-state index contributed by atoms with van der Waals surface area (Å²) in [4.78, 5) is 2.34. The average Bonchev–Trinajstić information content (AvgIpc) is 2.81. The van der Waals surface area contributed by atoms with Gasteiger partial charge >= 0.3 is 0 Å². The highest BCUT2D eigenvalue weighted by Crippen LogP contribution is 2.28. The molecule has 18 heavy (non-hydrogen) atoms. The first kappa shape index (κ1) is 12.0.